The van der Waals surface area contributed by atoms with E-state index in [1.807, 2.05) is 0 Å². The SMILES string of the molecule is S=C(NC[C@H]1CCCO1)Nc1nc(N2CCN(c3ccccc3)CC2)cc(N2Cc3ccccc3C2)n1. The highest BCUT2D eigenvalue weighted by Gasteiger charge is 2.24. The first-order chi connectivity index (χ1) is 18.2. The summed E-state index contributed by atoms with van der Waals surface area (Å²) in [7, 11) is 0. The van der Waals surface area contributed by atoms with Crippen molar-refractivity contribution in [1.29, 1.82) is 0 Å². The molecular formula is C28H33N7OS. The molecule has 8 nitrogen and oxygen atoms in total. The highest BCUT2D eigenvalue weighted by molar-refractivity contribution is 7.80. The second-order valence-corrected chi connectivity index (χ2v) is 10.2. The van der Waals surface area contributed by atoms with Gasteiger partial charge in [0, 0.05) is 64.2 Å². The molecule has 3 aliphatic heterocycles. The van der Waals surface area contributed by atoms with Gasteiger partial charge < -0.3 is 30.1 Å². The van der Waals surface area contributed by atoms with Gasteiger partial charge in [-0.2, -0.15) is 9.97 Å². The summed E-state index contributed by atoms with van der Waals surface area (Å²) in [5.41, 5.74) is 3.97. The Morgan fingerprint density at radius 2 is 1.51 bits per heavy atom. The van der Waals surface area contributed by atoms with Crippen molar-refractivity contribution < 1.29 is 4.74 Å². The lowest BCUT2D eigenvalue weighted by atomic mass is 10.1. The van der Waals surface area contributed by atoms with Crippen LogP contribution in [0, 0.1) is 0 Å². The largest absolute Gasteiger partial charge is 0.376 e. The van der Waals surface area contributed by atoms with Crippen LogP contribution < -0.4 is 25.3 Å². The Bertz CT molecular complexity index is 1200. The molecule has 3 aliphatic rings. The number of hydrogen-bond donors (Lipinski definition) is 2. The van der Waals surface area contributed by atoms with Gasteiger partial charge in [-0.05, 0) is 48.3 Å². The number of fused-ring (bicyclic) bond motifs is 1. The molecule has 0 radical (unpaired) electrons. The Hall–Kier alpha value is -3.43. The number of anilines is 4. The van der Waals surface area contributed by atoms with Crippen molar-refractivity contribution in [3.05, 3.63) is 71.8 Å². The van der Waals surface area contributed by atoms with Crippen LogP contribution in [-0.4, -0.2) is 60.5 Å². The van der Waals surface area contributed by atoms with Gasteiger partial charge in [0.25, 0.3) is 0 Å². The van der Waals surface area contributed by atoms with Crippen molar-refractivity contribution >= 4 is 40.6 Å². The summed E-state index contributed by atoms with van der Waals surface area (Å²) in [5, 5.41) is 7.05. The van der Waals surface area contributed by atoms with Gasteiger partial charge in [-0.3, -0.25) is 0 Å². The van der Waals surface area contributed by atoms with Crippen LogP contribution in [0.1, 0.15) is 24.0 Å². The van der Waals surface area contributed by atoms with Crippen molar-refractivity contribution in [3.63, 3.8) is 0 Å². The van der Waals surface area contributed by atoms with E-state index in [0.717, 1.165) is 70.4 Å². The van der Waals surface area contributed by atoms with E-state index >= 15 is 0 Å². The van der Waals surface area contributed by atoms with Gasteiger partial charge in [0.1, 0.15) is 11.6 Å². The molecule has 0 amide bonds. The van der Waals surface area contributed by atoms with E-state index in [-0.39, 0.29) is 6.10 Å². The quantitative estimate of drug-likeness (QED) is 0.477. The number of ether oxygens (including phenoxy) is 1. The molecule has 1 atom stereocenters. The Kier molecular flexibility index (Phi) is 7.05. The van der Waals surface area contributed by atoms with Crippen LogP contribution in [-0.2, 0) is 17.8 Å². The molecule has 3 aromatic rings. The molecule has 0 aliphatic carbocycles. The first-order valence-corrected chi connectivity index (χ1v) is 13.5. The zero-order valence-corrected chi connectivity index (χ0v) is 21.8. The summed E-state index contributed by atoms with van der Waals surface area (Å²) in [4.78, 5) is 16.9. The number of rotatable bonds is 6. The fraction of sp³-hybridized carbons (Fsp3) is 0.393. The molecule has 0 saturated carbocycles. The van der Waals surface area contributed by atoms with E-state index in [1.165, 1.54) is 16.8 Å². The minimum absolute atomic E-state index is 0.214. The predicted molar refractivity (Wildman–Crippen MR) is 152 cm³/mol. The Morgan fingerprint density at radius 1 is 0.865 bits per heavy atom. The average Bonchev–Trinajstić information content (AvgIpc) is 3.63. The molecule has 4 heterocycles. The lowest BCUT2D eigenvalue weighted by Crippen LogP contribution is -2.47. The first-order valence-electron chi connectivity index (χ1n) is 13.1. The number of hydrogen-bond acceptors (Lipinski definition) is 7. The van der Waals surface area contributed by atoms with E-state index in [0.29, 0.717) is 17.6 Å². The number of benzene rings is 2. The Morgan fingerprint density at radius 3 is 2.19 bits per heavy atom. The monoisotopic (exact) mass is 515 g/mol. The molecule has 2 aromatic carbocycles. The molecule has 9 heteroatoms. The average molecular weight is 516 g/mol. The molecule has 0 unspecified atom stereocenters. The van der Waals surface area contributed by atoms with E-state index in [2.05, 4.69) is 86.0 Å². The number of aromatic nitrogens is 2. The summed E-state index contributed by atoms with van der Waals surface area (Å²) >= 11 is 5.58. The van der Waals surface area contributed by atoms with Gasteiger partial charge in [-0.15, -0.1) is 0 Å². The molecule has 6 rings (SSSR count). The van der Waals surface area contributed by atoms with Crippen molar-refractivity contribution in [2.24, 2.45) is 0 Å². The third-order valence-electron chi connectivity index (χ3n) is 7.33. The predicted octanol–water partition coefficient (Wildman–Crippen LogP) is 3.79. The van der Waals surface area contributed by atoms with Gasteiger partial charge in [0.05, 0.1) is 6.10 Å². The Balaban J connectivity index is 1.19. The maximum absolute atomic E-state index is 5.71. The molecular weight excluding hydrogens is 482 g/mol. The molecule has 0 spiro atoms. The smallest absolute Gasteiger partial charge is 0.232 e. The summed E-state index contributed by atoms with van der Waals surface area (Å²) < 4.78 is 5.71. The summed E-state index contributed by atoms with van der Waals surface area (Å²) in [6.07, 6.45) is 2.39. The summed E-state index contributed by atoms with van der Waals surface area (Å²) in [5.74, 6) is 2.37. The molecule has 2 saturated heterocycles. The maximum atomic E-state index is 5.71. The third kappa shape index (κ3) is 5.62. The van der Waals surface area contributed by atoms with Crippen LogP contribution in [0.15, 0.2) is 60.7 Å². The molecule has 0 bridgehead atoms. The number of para-hydroxylation sites is 1. The van der Waals surface area contributed by atoms with Gasteiger partial charge in [-0.1, -0.05) is 42.5 Å². The van der Waals surface area contributed by atoms with Crippen LogP contribution in [0.4, 0.5) is 23.3 Å². The second kappa shape index (κ2) is 10.9. The summed E-state index contributed by atoms with van der Waals surface area (Å²) in [6, 6.07) is 21.3. The zero-order valence-electron chi connectivity index (χ0n) is 21.0. The lowest BCUT2D eigenvalue weighted by Gasteiger charge is -2.37. The maximum Gasteiger partial charge on any atom is 0.232 e. The van der Waals surface area contributed by atoms with E-state index in [4.69, 9.17) is 26.9 Å². The fourth-order valence-corrected chi connectivity index (χ4v) is 5.46. The molecule has 2 fully saturated rings. The number of nitrogens with zero attached hydrogens (tertiary/aromatic N) is 5. The van der Waals surface area contributed by atoms with Crippen LogP contribution >= 0.6 is 12.2 Å². The van der Waals surface area contributed by atoms with Crippen molar-refractivity contribution in [2.75, 3.05) is 59.3 Å². The molecule has 1 aromatic heterocycles. The van der Waals surface area contributed by atoms with Crippen molar-refractivity contribution in [2.45, 2.75) is 32.0 Å². The van der Waals surface area contributed by atoms with Crippen LogP contribution in [0.3, 0.4) is 0 Å². The highest BCUT2D eigenvalue weighted by Crippen LogP contribution is 2.30. The minimum atomic E-state index is 0.214. The topological polar surface area (TPSA) is 68.8 Å². The van der Waals surface area contributed by atoms with E-state index in [9.17, 15) is 0 Å². The molecule has 37 heavy (non-hydrogen) atoms. The zero-order chi connectivity index (χ0) is 25.0. The van der Waals surface area contributed by atoms with E-state index in [1.54, 1.807) is 0 Å². The third-order valence-corrected chi connectivity index (χ3v) is 7.57. The van der Waals surface area contributed by atoms with Crippen LogP contribution in [0.5, 0.6) is 0 Å². The minimum Gasteiger partial charge on any atom is -0.376 e. The van der Waals surface area contributed by atoms with Gasteiger partial charge in [-0.25, -0.2) is 0 Å². The van der Waals surface area contributed by atoms with Gasteiger partial charge in [0.2, 0.25) is 5.95 Å². The number of piperazine rings is 1. The molecule has 2 N–H and O–H groups in total. The van der Waals surface area contributed by atoms with Crippen LogP contribution in [0.2, 0.25) is 0 Å². The highest BCUT2D eigenvalue weighted by atomic mass is 32.1. The van der Waals surface area contributed by atoms with Gasteiger partial charge in [0.15, 0.2) is 5.11 Å². The number of thiocarbonyl (C=S) groups is 1. The van der Waals surface area contributed by atoms with Crippen molar-refractivity contribution in [1.82, 2.24) is 15.3 Å². The lowest BCUT2D eigenvalue weighted by molar-refractivity contribution is 0.114. The van der Waals surface area contributed by atoms with Crippen molar-refractivity contribution in [3.8, 4) is 0 Å². The summed E-state index contributed by atoms with van der Waals surface area (Å²) in [6.45, 7) is 6.90. The van der Waals surface area contributed by atoms with Crippen LogP contribution in [0.25, 0.3) is 0 Å². The van der Waals surface area contributed by atoms with Gasteiger partial charge >= 0.3 is 0 Å². The number of nitrogens with one attached hydrogen (secondary N) is 2. The Labute approximate surface area is 223 Å². The molecule has 192 valence electrons. The normalized spacial score (nSPS) is 19.1. The fourth-order valence-electron chi connectivity index (χ4n) is 5.29. The first kappa shape index (κ1) is 23.9. The standard InChI is InChI=1S/C28H33N7OS/c37-28(29-18-24-11-6-16-36-24)32-27-30-25(34-14-12-33(13-15-34)23-9-2-1-3-10-23)17-26(31-27)35-19-21-7-4-5-8-22(21)20-35/h1-5,7-10,17,24H,6,11-16,18-20H2,(H2,29,30,31,32,37)/t24-/m1/s1. The van der Waals surface area contributed by atoms with E-state index < -0.39 is 0 Å². The second-order valence-electron chi connectivity index (χ2n) is 9.81.